The largest absolute Gasteiger partial charge is 0.388 e. The highest BCUT2D eigenvalue weighted by molar-refractivity contribution is 5.85. The van der Waals surface area contributed by atoms with Crippen molar-refractivity contribution in [3.05, 3.63) is 18.5 Å². The molecule has 1 aromatic heterocycles. The lowest BCUT2D eigenvalue weighted by atomic mass is 10.0. The first-order chi connectivity index (χ1) is 10.2. The van der Waals surface area contributed by atoms with E-state index < -0.39 is 5.60 Å². The zero-order valence-corrected chi connectivity index (χ0v) is 12.2. The van der Waals surface area contributed by atoms with Crippen LogP contribution in [0.1, 0.15) is 38.5 Å². The maximum Gasteiger partial charge on any atom is 0.242 e. The quantitative estimate of drug-likeness (QED) is 0.860. The molecule has 114 valence electrons. The monoisotopic (exact) mass is 290 g/mol. The van der Waals surface area contributed by atoms with Gasteiger partial charge in [0.05, 0.1) is 5.60 Å². The van der Waals surface area contributed by atoms with Crippen molar-refractivity contribution < 1.29 is 9.90 Å². The van der Waals surface area contributed by atoms with Gasteiger partial charge in [-0.2, -0.15) is 0 Å². The molecule has 1 saturated heterocycles. The molecular weight excluding hydrogens is 268 g/mol. The number of nitrogens with zero attached hydrogens (tertiary/aromatic N) is 3. The van der Waals surface area contributed by atoms with Crippen molar-refractivity contribution in [1.82, 2.24) is 15.3 Å². The van der Waals surface area contributed by atoms with Gasteiger partial charge in [-0.15, -0.1) is 0 Å². The minimum absolute atomic E-state index is 0.0275. The highest BCUT2D eigenvalue weighted by Gasteiger charge is 2.35. The maximum absolute atomic E-state index is 12.4. The number of hydrogen-bond acceptors (Lipinski definition) is 5. The molecule has 1 unspecified atom stereocenters. The Bertz CT molecular complexity index is 488. The molecule has 2 N–H and O–H groups in total. The first kappa shape index (κ1) is 14.3. The van der Waals surface area contributed by atoms with Crippen LogP contribution in [0.2, 0.25) is 0 Å². The SMILES string of the molecule is O=C(NCC1(O)CCCC1)C1CCCN1c1ncccn1. The molecule has 2 aliphatic rings. The number of nitrogens with one attached hydrogen (secondary N) is 1. The van der Waals surface area contributed by atoms with Crippen LogP contribution in [-0.4, -0.2) is 45.7 Å². The van der Waals surface area contributed by atoms with Crippen LogP contribution in [0.4, 0.5) is 5.95 Å². The zero-order chi connectivity index (χ0) is 14.7. The number of carbonyl (C=O) groups is 1. The minimum Gasteiger partial charge on any atom is -0.388 e. The zero-order valence-electron chi connectivity index (χ0n) is 12.2. The fourth-order valence-electron chi connectivity index (χ4n) is 3.30. The summed E-state index contributed by atoms with van der Waals surface area (Å²) in [4.78, 5) is 22.8. The molecule has 3 rings (SSSR count). The van der Waals surface area contributed by atoms with E-state index in [9.17, 15) is 9.90 Å². The van der Waals surface area contributed by atoms with Crippen molar-refractivity contribution in [3.63, 3.8) is 0 Å². The van der Waals surface area contributed by atoms with E-state index >= 15 is 0 Å². The van der Waals surface area contributed by atoms with Crippen LogP contribution >= 0.6 is 0 Å². The van der Waals surface area contributed by atoms with Gasteiger partial charge < -0.3 is 15.3 Å². The van der Waals surface area contributed by atoms with Gasteiger partial charge in [0, 0.05) is 25.5 Å². The van der Waals surface area contributed by atoms with E-state index in [4.69, 9.17) is 0 Å². The lowest BCUT2D eigenvalue weighted by Gasteiger charge is -2.27. The van der Waals surface area contributed by atoms with Crippen LogP contribution < -0.4 is 10.2 Å². The Morgan fingerprint density at radius 2 is 2.05 bits per heavy atom. The third-order valence-electron chi connectivity index (χ3n) is 4.49. The Hall–Kier alpha value is -1.69. The number of hydrogen-bond donors (Lipinski definition) is 2. The molecule has 1 aliphatic carbocycles. The Labute approximate surface area is 124 Å². The van der Waals surface area contributed by atoms with E-state index in [1.807, 2.05) is 4.90 Å². The molecule has 1 amide bonds. The summed E-state index contributed by atoms with van der Waals surface area (Å²) in [6.07, 6.45) is 8.79. The predicted octanol–water partition coefficient (Wildman–Crippen LogP) is 0.867. The number of carbonyl (C=O) groups excluding carboxylic acids is 1. The second-order valence-corrected chi connectivity index (χ2v) is 6.05. The van der Waals surface area contributed by atoms with Gasteiger partial charge in [-0.05, 0) is 31.7 Å². The highest BCUT2D eigenvalue weighted by Crippen LogP contribution is 2.29. The first-order valence-corrected chi connectivity index (χ1v) is 7.72. The Kier molecular flexibility index (Phi) is 4.05. The summed E-state index contributed by atoms with van der Waals surface area (Å²) in [5.41, 5.74) is -0.706. The van der Waals surface area contributed by atoms with E-state index in [1.54, 1.807) is 18.5 Å². The topological polar surface area (TPSA) is 78.4 Å². The van der Waals surface area contributed by atoms with Crippen LogP contribution in [0.25, 0.3) is 0 Å². The van der Waals surface area contributed by atoms with Gasteiger partial charge >= 0.3 is 0 Å². The van der Waals surface area contributed by atoms with Gasteiger partial charge in [-0.25, -0.2) is 9.97 Å². The molecule has 1 atom stereocenters. The summed E-state index contributed by atoms with van der Waals surface area (Å²) in [5, 5.41) is 13.2. The average molecular weight is 290 g/mol. The molecular formula is C15H22N4O2. The Balaban J connectivity index is 1.61. The fourth-order valence-corrected chi connectivity index (χ4v) is 3.30. The number of aromatic nitrogens is 2. The normalized spacial score (nSPS) is 24.2. The molecule has 21 heavy (non-hydrogen) atoms. The number of amides is 1. The van der Waals surface area contributed by atoms with Gasteiger partial charge in [-0.1, -0.05) is 12.8 Å². The van der Waals surface area contributed by atoms with Gasteiger partial charge in [0.1, 0.15) is 6.04 Å². The van der Waals surface area contributed by atoms with Crippen molar-refractivity contribution in [1.29, 1.82) is 0 Å². The summed E-state index contributed by atoms with van der Waals surface area (Å²) in [5.74, 6) is 0.579. The van der Waals surface area contributed by atoms with E-state index in [2.05, 4.69) is 15.3 Å². The lowest BCUT2D eigenvalue weighted by Crippen LogP contribution is -2.48. The smallest absolute Gasteiger partial charge is 0.242 e. The second-order valence-electron chi connectivity index (χ2n) is 6.05. The van der Waals surface area contributed by atoms with E-state index in [0.717, 1.165) is 45.1 Å². The molecule has 0 radical (unpaired) electrons. The average Bonchev–Trinajstić information content (AvgIpc) is 3.15. The van der Waals surface area contributed by atoms with Gasteiger partial charge in [0.15, 0.2) is 0 Å². The summed E-state index contributed by atoms with van der Waals surface area (Å²) in [6.45, 7) is 1.15. The van der Waals surface area contributed by atoms with Crippen LogP contribution in [0.3, 0.4) is 0 Å². The van der Waals surface area contributed by atoms with Crippen LogP contribution in [0, 0.1) is 0 Å². The van der Waals surface area contributed by atoms with Crippen molar-refractivity contribution >= 4 is 11.9 Å². The molecule has 2 heterocycles. The van der Waals surface area contributed by atoms with Crippen molar-refractivity contribution in [2.45, 2.75) is 50.2 Å². The standard InChI is InChI=1S/C15H22N4O2/c20-13(18-11-15(21)6-1-2-7-15)12-5-3-10-19(12)14-16-8-4-9-17-14/h4,8-9,12,21H,1-3,5-7,10-11H2,(H,18,20). The Morgan fingerprint density at radius 3 is 2.76 bits per heavy atom. The molecule has 1 aliphatic heterocycles. The lowest BCUT2D eigenvalue weighted by molar-refractivity contribution is -0.123. The fraction of sp³-hybridized carbons (Fsp3) is 0.667. The Morgan fingerprint density at radius 1 is 1.33 bits per heavy atom. The third-order valence-corrected chi connectivity index (χ3v) is 4.49. The van der Waals surface area contributed by atoms with Crippen LogP contribution in [0.5, 0.6) is 0 Å². The molecule has 6 nitrogen and oxygen atoms in total. The minimum atomic E-state index is -0.706. The van der Waals surface area contributed by atoms with E-state index in [0.29, 0.717) is 12.5 Å². The molecule has 0 bridgehead atoms. The van der Waals surface area contributed by atoms with Crippen LogP contribution in [-0.2, 0) is 4.79 Å². The summed E-state index contributed by atoms with van der Waals surface area (Å²) in [6, 6.07) is 1.54. The van der Waals surface area contributed by atoms with Gasteiger partial charge in [0.2, 0.25) is 11.9 Å². The van der Waals surface area contributed by atoms with Gasteiger partial charge in [-0.3, -0.25) is 4.79 Å². The molecule has 0 aromatic carbocycles. The number of aliphatic hydroxyl groups is 1. The first-order valence-electron chi connectivity index (χ1n) is 7.72. The molecule has 1 aromatic rings. The molecule has 1 saturated carbocycles. The van der Waals surface area contributed by atoms with Gasteiger partial charge in [0.25, 0.3) is 0 Å². The second kappa shape index (κ2) is 5.97. The third kappa shape index (κ3) is 3.15. The van der Waals surface area contributed by atoms with E-state index in [-0.39, 0.29) is 11.9 Å². The summed E-state index contributed by atoms with van der Waals surface area (Å²) >= 11 is 0. The van der Waals surface area contributed by atoms with E-state index in [1.165, 1.54) is 0 Å². The predicted molar refractivity (Wildman–Crippen MR) is 78.8 cm³/mol. The van der Waals surface area contributed by atoms with Crippen LogP contribution in [0.15, 0.2) is 18.5 Å². The summed E-state index contributed by atoms with van der Waals surface area (Å²) in [7, 11) is 0. The van der Waals surface area contributed by atoms with Crippen molar-refractivity contribution in [2.24, 2.45) is 0 Å². The number of rotatable bonds is 4. The maximum atomic E-state index is 12.4. The number of anilines is 1. The molecule has 0 spiro atoms. The van der Waals surface area contributed by atoms with Crippen molar-refractivity contribution in [2.75, 3.05) is 18.0 Å². The summed E-state index contributed by atoms with van der Waals surface area (Å²) < 4.78 is 0. The molecule has 6 heteroatoms. The highest BCUT2D eigenvalue weighted by atomic mass is 16.3. The van der Waals surface area contributed by atoms with Crippen molar-refractivity contribution in [3.8, 4) is 0 Å². The molecule has 2 fully saturated rings.